The number of nitrogens with zero attached hydrogens (tertiary/aromatic N) is 2. The van der Waals surface area contributed by atoms with Gasteiger partial charge in [0.2, 0.25) is 0 Å². The minimum atomic E-state index is -5.30. The van der Waals surface area contributed by atoms with Crippen molar-refractivity contribution in [3.63, 3.8) is 0 Å². The fourth-order valence-corrected chi connectivity index (χ4v) is 3.91. The number of aromatic hydroxyl groups is 1. The van der Waals surface area contributed by atoms with Crippen LogP contribution in [-0.2, 0) is 16.6 Å². The van der Waals surface area contributed by atoms with E-state index in [-0.39, 0.29) is 68.2 Å². The van der Waals surface area contributed by atoms with Gasteiger partial charge < -0.3 is 20.5 Å². The van der Waals surface area contributed by atoms with Gasteiger partial charge in [-0.05, 0) is 25.8 Å². The highest BCUT2D eigenvalue weighted by Crippen LogP contribution is 2.30. The number of benzene rings is 1. The van der Waals surface area contributed by atoms with E-state index in [1.54, 1.807) is 18.2 Å². The van der Waals surface area contributed by atoms with Gasteiger partial charge in [-0.2, -0.15) is 17.5 Å². The molecule has 1 aliphatic heterocycles. The van der Waals surface area contributed by atoms with E-state index in [4.69, 9.17) is 4.74 Å². The van der Waals surface area contributed by atoms with E-state index in [1.807, 2.05) is 6.92 Å². The summed E-state index contributed by atoms with van der Waals surface area (Å²) in [7, 11) is -3.86. The quantitative estimate of drug-likeness (QED) is 0.278. The van der Waals surface area contributed by atoms with Crippen molar-refractivity contribution in [2.75, 3.05) is 26.7 Å². The standard InChI is InChI=1S/C17H25F3N4O4S.HI/c1-3-21-16(22-11-12-5-4-6-14(28-2)15(12)25)23-13-7-9-24(10-8-13)29(26,27)17(18,19)20;/h4-6,13,25H,3,7-11H2,1-2H3,(H2,21,22,23);1H. The maximum absolute atomic E-state index is 12.7. The molecular formula is C17H26F3IN4O4S. The molecule has 1 saturated heterocycles. The van der Waals surface area contributed by atoms with Crippen LogP contribution < -0.4 is 15.4 Å². The average molecular weight is 566 g/mol. The molecule has 172 valence electrons. The molecule has 2 rings (SSSR count). The van der Waals surface area contributed by atoms with Crippen LogP contribution in [0.5, 0.6) is 11.5 Å². The maximum Gasteiger partial charge on any atom is 0.511 e. The minimum Gasteiger partial charge on any atom is -0.504 e. The second-order valence-electron chi connectivity index (χ2n) is 6.43. The number of piperidine rings is 1. The highest BCUT2D eigenvalue weighted by atomic mass is 127. The van der Waals surface area contributed by atoms with Gasteiger partial charge in [0.25, 0.3) is 0 Å². The summed E-state index contributed by atoms with van der Waals surface area (Å²) in [4.78, 5) is 4.39. The summed E-state index contributed by atoms with van der Waals surface area (Å²) in [5.74, 6) is 0.737. The third-order valence-corrected chi connectivity index (χ3v) is 6.11. The molecule has 1 aromatic rings. The molecule has 0 aromatic heterocycles. The van der Waals surface area contributed by atoms with Crippen molar-refractivity contribution in [3.8, 4) is 11.5 Å². The van der Waals surface area contributed by atoms with Crippen molar-refractivity contribution in [2.24, 2.45) is 4.99 Å². The summed E-state index contributed by atoms with van der Waals surface area (Å²) in [5.41, 5.74) is -4.74. The lowest BCUT2D eigenvalue weighted by Gasteiger charge is -2.32. The largest absolute Gasteiger partial charge is 0.511 e. The molecule has 8 nitrogen and oxygen atoms in total. The third-order valence-electron chi connectivity index (χ3n) is 4.48. The van der Waals surface area contributed by atoms with E-state index in [9.17, 15) is 26.7 Å². The Morgan fingerprint density at radius 3 is 2.50 bits per heavy atom. The molecule has 0 aliphatic carbocycles. The molecule has 0 unspecified atom stereocenters. The Labute approximate surface area is 191 Å². The first-order chi connectivity index (χ1) is 13.6. The smallest absolute Gasteiger partial charge is 0.504 e. The Kier molecular flexibility index (Phi) is 9.94. The normalized spacial score (nSPS) is 16.6. The summed E-state index contributed by atoms with van der Waals surface area (Å²) in [5, 5.41) is 16.3. The first-order valence-corrected chi connectivity index (χ1v) is 10.5. The zero-order valence-corrected chi connectivity index (χ0v) is 19.7. The first-order valence-electron chi connectivity index (χ1n) is 9.06. The van der Waals surface area contributed by atoms with Gasteiger partial charge >= 0.3 is 15.5 Å². The Hall–Kier alpha value is -1.48. The van der Waals surface area contributed by atoms with E-state index >= 15 is 0 Å². The Balaban J connectivity index is 0.00000450. The number of para-hydroxylation sites is 1. The number of ether oxygens (including phenoxy) is 1. The highest BCUT2D eigenvalue weighted by Gasteiger charge is 2.50. The lowest BCUT2D eigenvalue weighted by molar-refractivity contribution is -0.0494. The number of halogens is 4. The Morgan fingerprint density at radius 2 is 1.97 bits per heavy atom. The van der Waals surface area contributed by atoms with Gasteiger partial charge in [-0.25, -0.2) is 13.4 Å². The summed E-state index contributed by atoms with van der Waals surface area (Å²) < 4.78 is 66.5. The van der Waals surface area contributed by atoms with E-state index in [0.29, 0.717) is 28.1 Å². The summed E-state index contributed by atoms with van der Waals surface area (Å²) in [6.45, 7) is 2.11. The van der Waals surface area contributed by atoms with Gasteiger partial charge in [-0.15, -0.1) is 24.0 Å². The highest BCUT2D eigenvalue weighted by molar-refractivity contribution is 14.0. The number of phenols is 1. The van der Waals surface area contributed by atoms with Crippen molar-refractivity contribution in [3.05, 3.63) is 23.8 Å². The molecule has 1 heterocycles. The molecule has 0 radical (unpaired) electrons. The number of alkyl halides is 3. The number of sulfonamides is 1. The lowest BCUT2D eigenvalue weighted by Crippen LogP contribution is -2.51. The zero-order valence-electron chi connectivity index (χ0n) is 16.6. The molecule has 1 fully saturated rings. The number of rotatable bonds is 6. The second-order valence-corrected chi connectivity index (χ2v) is 8.36. The van der Waals surface area contributed by atoms with Gasteiger partial charge in [0, 0.05) is 31.2 Å². The number of nitrogens with one attached hydrogen (secondary N) is 2. The van der Waals surface area contributed by atoms with Crippen LogP contribution in [-0.4, -0.2) is 62.1 Å². The van der Waals surface area contributed by atoms with Crippen molar-refractivity contribution in [1.82, 2.24) is 14.9 Å². The topological polar surface area (TPSA) is 103 Å². The van der Waals surface area contributed by atoms with Crippen molar-refractivity contribution < 1.29 is 31.4 Å². The molecule has 1 aromatic carbocycles. The molecule has 0 bridgehead atoms. The number of guanidine groups is 1. The number of hydrogen-bond donors (Lipinski definition) is 3. The number of phenolic OH excluding ortho intramolecular Hbond substituents is 1. The van der Waals surface area contributed by atoms with Gasteiger partial charge in [0.1, 0.15) is 0 Å². The van der Waals surface area contributed by atoms with Crippen LogP contribution in [0.3, 0.4) is 0 Å². The zero-order chi connectivity index (χ0) is 21.7. The van der Waals surface area contributed by atoms with E-state index in [0.717, 1.165) is 0 Å². The summed E-state index contributed by atoms with van der Waals surface area (Å²) in [6, 6.07) is 4.81. The molecule has 0 atom stereocenters. The monoisotopic (exact) mass is 566 g/mol. The number of aliphatic imine (C=N–C) groups is 1. The second kappa shape index (κ2) is 11.2. The first kappa shape index (κ1) is 26.6. The SMILES string of the molecule is CCNC(=NCc1cccc(OC)c1O)NC1CCN(S(=O)(=O)C(F)(F)F)CC1.I. The maximum atomic E-state index is 12.7. The van der Waals surface area contributed by atoms with E-state index in [2.05, 4.69) is 15.6 Å². The summed E-state index contributed by atoms with van der Waals surface area (Å²) >= 11 is 0. The predicted octanol–water partition coefficient (Wildman–Crippen LogP) is 2.39. The van der Waals surface area contributed by atoms with Crippen LogP contribution in [0.4, 0.5) is 13.2 Å². The third kappa shape index (κ3) is 6.51. The minimum absolute atomic E-state index is 0. The van der Waals surface area contributed by atoms with Crippen molar-refractivity contribution in [2.45, 2.75) is 37.9 Å². The predicted molar refractivity (Wildman–Crippen MR) is 118 cm³/mol. The van der Waals surface area contributed by atoms with Crippen LogP contribution in [0.2, 0.25) is 0 Å². The average Bonchev–Trinajstić information content (AvgIpc) is 2.66. The fraction of sp³-hybridized carbons (Fsp3) is 0.588. The fourth-order valence-electron chi connectivity index (χ4n) is 2.92. The molecule has 0 spiro atoms. The number of hydrogen-bond acceptors (Lipinski definition) is 5. The van der Waals surface area contributed by atoms with Crippen LogP contribution in [0, 0.1) is 0 Å². The molecule has 13 heteroatoms. The Bertz CT molecular complexity index is 829. The van der Waals surface area contributed by atoms with Crippen LogP contribution in [0.25, 0.3) is 0 Å². The van der Waals surface area contributed by atoms with Gasteiger partial charge in [0.15, 0.2) is 17.5 Å². The van der Waals surface area contributed by atoms with Crippen LogP contribution >= 0.6 is 24.0 Å². The summed E-state index contributed by atoms with van der Waals surface area (Å²) in [6.07, 6.45) is 0.425. The van der Waals surface area contributed by atoms with E-state index < -0.39 is 15.5 Å². The van der Waals surface area contributed by atoms with Crippen molar-refractivity contribution >= 4 is 40.0 Å². The Morgan fingerprint density at radius 1 is 1.33 bits per heavy atom. The molecule has 0 saturated carbocycles. The van der Waals surface area contributed by atoms with Gasteiger partial charge in [-0.3, -0.25) is 0 Å². The van der Waals surface area contributed by atoms with Gasteiger partial charge in [0.05, 0.1) is 13.7 Å². The lowest BCUT2D eigenvalue weighted by atomic mass is 10.1. The van der Waals surface area contributed by atoms with E-state index in [1.165, 1.54) is 7.11 Å². The van der Waals surface area contributed by atoms with Gasteiger partial charge in [-0.1, -0.05) is 12.1 Å². The molecule has 30 heavy (non-hydrogen) atoms. The molecule has 3 N–H and O–H groups in total. The number of methoxy groups -OCH3 is 1. The van der Waals surface area contributed by atoms with Crippen molar-refractivity contribution in [1.29, 1.82) is 0 Å². The molecule has 0 amide bonds. The molecule has 1 aliphatic rings. The van der Waals surface area contributed by atoms with Crippen LogP contribution in [0.1, 0.15) is 25.3 Å². The van der Waals surface area contributed by atoms with Crippen LogP contribution in [0.15, 0.2) is 23.2 Å². The molecular weight excluding hydrogens is 540 g/mol.